The van der Waals surface area contributed by atoms with Gasteiger partial charge in [0, 0.05) is 23.4 Å². The maximum absolute atomic E-state index is 10.9. The van der Waals surface area contributed by atoms with Gasteiger partial charge in [-0.25, -0.2) is 0 Å². The molecule has 2 N–H and O–H groups in total. The molecule has 0 saturated heterocycles. The molecule has 0 heterocycles. The topological polar surface area (TPSA) is 111 Å². The number of nitrogens with one attached hydrogen (secondary N) is 1. The van der Waals surface area contributed by atoms with Gasteiger partial charge in [0.25, 0.3) is 0 Å². The summed E-state index contributed by atoms with van der Waals surface area (Å²) < 4.78 is 15.7. The quantitative estimate of drug-likeness (QED) is 0.358. The molecule has 0 aliphatic heterocycles. The third kappa shape index (κ3) is 9.55. The molecule has 0 atom stereocenters. The summed E-state index contributed by atoms with van der Waals surface area (Å²) in [6.45, 7) is 2.79. The monoisotopic (exact) mass is 353 g/mol. The van der Waals surface area contributed by atoms with E-state index < -0.39 is 5.97 Å². The standard InChI is InChI=1S/C17H23NO7/c19-12-14-1-2-16(11-15(14)13-20)18-4-6-24-8-10-25-9-7-23-5-3-17(21)22/h1-2,11-13,18H,3-10H2,(H,21,22). The zero-order valence-corrected chi connectivity index (χ0v) is 13.9. The Hall–Kier alpha value is -2.29. The Morgan fingerprint density at radius 3 is 2.12 bits per heavy atom. The Morgan fingerprint density at radius 1 is 0.920 bits per heavy atom. The first-order valence-corrected chi connectivity index (χ1v) is 7.90. The number of carbonyl (C=O) groups is 3. The summed E-state index contributed by atoms with van der Waals surface area (Å²) in [7, 11) is 0. The van der Waals surface area contributed by atoms with E-state index in [0.29, 0.717) is 63.3 Å². The minimum atomic E-state index is -0.884. The Balaban J connectivity index is 1.99. The Bertz CT molecular complexity index is 548. The molecule has 138 valence electrons. The predicted molar refractivity (Wildman–Crippen MR) is 90.4 cm³/mol. The fraction of sp³-hybridized carbons (Fsp3) is 0.471. The summed E-state index contributed by atoms with van der Waals surface area (Å²) in [5.74, 6) is -0.884. The molecule has 1 rings (SSSR count). The van der Waals surface area contributed by atoms with E-state index >= 15 is 0 Å². The molecule has 25 heavy (non-hydrogen) atoms. The van der Waals surface area contributed by atoms with Gasteiger partial charge in [0.1, 0.15) is 0 Å². The molecule has 1 aromatic rings. The minimum Gasteiger partial charge on any atom is -0.481 e. The van der Waals surface area contributed by atoms with Crippen molar-refractivity contribution in [1.82, 2.24) is 0 Å². The molecule has 0 bridgehead atoms. The number of hydrogen-bond donors (Lipinski definition) is 2. The third-order valence-corrected chi connectivity index (χ3v) is 3.12. The molecule has 1 aromatic carbocycles. The molecular weight excluding hydrogens is 330 g/mol. The molecule has 0 fully saturated rings. The van der Waals surface area contributed by atoms with E-state index in [0.717, 1.165) is 5.69 Å². The summed E-state index contributed by atoms with van der Waals surface area (Å²) >= 11 is 0. The average Bonchev–Trinajstić information content (AvgIpc) is 2.62. The predicted octanol–water partition coefficient (Wildman–Crippen LogP) is 1.25. The number of carboxylic acid groups (broad SMARTS) is 1. The van der Waals surface area contributed by atoms with Crippen LogP contribution in [0.5, 0.6) is 0 Å². The van der Waals surface area contributed by atoms with E-state index in [1.165, 1.54) is 0 Å². The van der Waals surface area contributed by atoms with Crippen LogP contribution in [0.4, 0.5) is 5.69 Å². The lowest BCUT2D eigenvalue weighted by Crippen LogP contribution is -2.14. The van der Waals surface area contributed by atoms with Gasteiger partial charge in [0.05, 0.1) is 46.1 Å². The van der Waals surface area contributed by atoms with Gasteiger partial charge >= 0.3 is 5.97 Å². The van der Waals surface area contributed by atoms with Crippen LogP contribution in [0.25, 0.3) is 0 Å². The number of rotatable bonds is 15. The van der Waals surface area contributed by atoms with Crippen LogP contribution in [0.2, 0.25) is 0 Å². The molecule has 0 aliphatic carbocycles. The SMILES string of the molecule is O=Cc1ccc(NCCOCCOCCOCCC(=O)O)cc1C=O. The minimum absolute atomic E-state index is 0.0116. The zero-order chi connectivity index (χ0) is 18.3. The van der Waals surface area contributed by atoms with Crippen LogP contribution in [0.15, 0.2) is 18.2 Å². The van der Waals surface area contributed by atoms with Crippen LogP contribution in [0.1, 0.15) is 27.1 Å². The summed E-state index contributed by atoms with van der Waals surface area (Å²) in [5, 5.41) is 11.5. The fourth-order valence-corrected chi connectivity index (χ4v) is 1.86. The summed E-state index contributed by atoms with van der Waals surface area (Å²) in [6.07, 6.45) is 1.28. The highest BCUT2D eigenvalue weighted by atomic mass is 16.5. The Kier molecular flexibility index (Phi) is 10.8. The highest BCUT2D eigenvalue weighted by Crippen LogP contribution is 2.12. The van der Waals surface area contributed by atoms with E-state index in [4.69, 9.17) is 19.3 Å². The van der Waals surface area contributed by atoms with Crippen molar-refractivity contribution in [2.75, 3.05) is 51.5 Å². The van der Waals surface area contributed by atoms with Gasteiger partial charge in [-0.2, -0.15) is 0 Å². The van der Waals surface area contributed by atoms with Crippen molar-refractivity contribution in [2.45, 2.75) is 6.42 Å². The number of aldehydes is 2. The first kappa shape index (κ1) is 20.8. The molecular formula is C17H23NO7. The molecule has 0 saturated carbocycles. The van der Waals surface area contributed by atoms with Gasteiger partial charge < -0.3 is 24.6 Å². The van der Waals surface area contributed by atoms with Gasteiger partial charge in [-0.05, 0) is 18.2 Å². The number of carbonyl (C=O) groups excluding carboxylic acids is 2. The number of hydrogen-bond acceptors (Lipinski definition) is 7. The molecule has 0 amide bonds. The zero-order valence-electron chi connectivity index (χ0n) is 13.9. The number of anilines is 1. The third-order valence-electron chi connectivity index (χ3n) is 3.12. The van der Waals surface area contributed by atoms with Crippen LogP contribution in [-0.2, 0) is 19.0 Å². The van der Waals surface area contributed by atoms with Crippen LogP contribution < -0.4 is 5.32 Å². The largest absolute Gasteiger partial charge is 0.481 e. The highest BCUT2D eigenvalue weighted by molar-refractivity contribution is 5.91. The van der Waals surface area contributed by atoms with Crippen molar-refractivity contribution in [3.8, 4) is 0 Å². The van der Waals surface area contributed by atoms with Crippen LogP contribution >= 0.6 is 0 Å². The van der Waals surface area contributed by atoms with Crippen molar-refractivity contribution in [3.63, 3.8) is 0 Å². The first-order chi connectivity index (χ1) is 12.2. The van der Waals surface area contributed by atoms with E-state index in [9.17, 15) is 14.4 Å². The smallest absolute Gasteiger partial charge is 0.305 e. The number of benzene rings is 1. The van der Waals surface area contributed by atoms with Gasteiger partial charge in [-0.15, -0.1) is 0 Å². The van der Waals surface area contributed by atoms with Crippen LogP contribution in [0, 0.1) is 0 Å². The van der Waals surface area contributed by atoms with Gasteiger partial charge in [0.2, 0.25) is 0 Å². The van der Waals surface area contributed by atoms with E-state index in [2.05, 4.69) is 5.32 Å². The van der Waals surface area contributed by atoms with Gasteiger partial charge in [-0.3, -0.25) is 14.4 Å². The second-order valence-electron chi connectivity index (χ2n) is 4.99. The Labute approximate surface area is 146 Å². The maximum atomic E-state index is 10.9. The number of ether oxygens (including phenoxy) is 3. The van der Waals surface area contributed by atoms with Crippen molar-refractivity contribution in [3.05, 3.63) is 29.3 Å². The lowest BCUT2D eigenvalue weighted by atomic mass is 10.1. The normalized spacial score (nSPS) is 10.4. The second kappa shape index (κ2) is 13.1. The first-order valence-electron chi connectivity index (χ1n) is 7.90. The number of aliphatic carboxylic acids is 1. The Morgan fingerprint density at radius 2 is 1.52 bits per heavy atom. The van der Waals surface area contributed by atoms with E-state index in [-0.39, 0.29) is 13.0 Å². The van der Waals surface area contributed by atoms with Crippen LogP contribution in [-0.4, -0.2) is 69.8 Å². The van der Waals surface area contributed by atoms with Crippen molar-refractivity contribution < 1.29 is 33.7 Å². The van der Waals surface area contributed by atoms with Gasteiger partial charge in [-0.1, -0.05) is 0 Å². The van der Waals surface area contributed by atoms with E-state index in [1.54, 1.807) is 18.2 Å². The second-order valence-corrected chi connectivity index (χ2v) is 4.99. The number of carboxylic acids is 1. The lowest BCUT2D eigenvalue weighted by Gasteiger charge is -2.09. The molecule has 8 nitrogen and oxygen atoms in total. The molecule has 0 unspecified atom stereocenters. The summed E-state index contributed by atoms with van der Waals surface area (Å²) in [4.78, 5) is 31.9. The fourth-order valence-electron chi connectivity index (χ4n) is 1.86. The highest BCUT2D eigenvalue weighted by Gasteiger charge is 2.02. The molecule has 0 spiro atoms. The van der Waals surface area contributed by atoms with E-state index in [1.807, 2.05) is 0 Å². The summed E-state index contributed by atoms with van der Waals surface area (Å²) in [6, 6.07) is 4.93. The molecule has 8 heteroatoms. The maximum Gasteiger partial charge on any atom is 0.305 e. The molecule has 0 radical (unpaired) electrons. The molecule has 0 aliphatic rings. The summed E-state index contributed by atoms with van der Waals surface area (Å²) in [5.41, 5.74) is 1.45. The van der Waals surface area contributed by atoms with Crippen molar-refractivity contribution in [2.24, 2.45) is 0 Å². The van der Waals surface area contributed by atoms with Crippen molar-refractivity contribution >= 4 is 24.2 Å². The van der Waals surface area contributed by atoms with Gasteiger partial charge in [0.15, 0.2) is 12.6 Å². The lowest BCUT2D eigenvalue weighted by molar-refractivity contribution is -0.138. The van der Waals surface area contributed by atoms with Crippen LogP contribution in [0.3, 0.4) is 0 Å². The van der Waals surface area contributed by atoms with Crippen molar-refractivity contribution in [1.29, 1.82) is 0 Å². The molecule has 0 aromatic heterocycles. The average molecular weight is 353 g/mol.